The summed E-state index contributed by atoms with van der Waals surface area (Å²) < 4.78 is 41.3. The van der Waals surface area contributed by atoms with Crippen LogP contribution in [0.5, 0.6) is 23.0 Å². The second-order valence-corrected chi connectivity index (χ2v) is 18.5. The highest BCUT2D eigenvalue weighted by molar-refractivity contribution is 7.86. The Morgan fingerprint density at radius 2 is 1.05 bits per heavy atom. The maximum Gasteiger partial charge on any atom is 0.336 e. The quantitative estimate of drug-likeness (QED) is 0.0136. The minimum Gasteiger partial charge on any atom is -0.508 e. The van der Waals surface area contributed by atoms with Gasteiger partial charge in [-0.05, 0) is 113 Å². The number of rotatable bonds is 22. The predicted octanol–water partition coefficient (Wildman–Crippen LogP) is 12.3. The number of unbranched alkanes of at least 4 members (excludes halogenated alkanes) is 9. The third-order valence-corrected chi connectivity index (χ3v) is 12.4. The molecule has 400 valence electrons. The number of aromatic carboxylic acids is 1. The van der Waals surface area contributed by atoms with Gasteiger partial charge in [0.05, 0.1) is 30.9 Å². The standard InChI is InChI=1S/C20H18O6.C14H28O3.C13H10O4.C10H7ClO3S/c1-25-15-7-3-13(4-8-15)11-17(19(21)22)18(20(23)24)12-14-5-9-16(26-2)10-6-14;1-2-3-4-5-6-7-8-9-10-11-12-13(15)14(16)17;14-9-3-1-8(2-4-9)11-6-5-10(15)7-12(11)13(16)17;11-8-5-1-3-7-4-2-6-9(10(7)8)15(12,13)14/h3-12H,1-2H3,(H,21,22)(H,23,24);13,15H,2-12H2,1H3,(H,16,17);1-7,14-15H,(H,16,17);1-6H,(H,12,13,14). The fraction of sp³-hybridized carbons (Fsp3) is 0.263. The van der Waals surface area contributed by atoms with Crippen LogP contribution in [0.1, 0.15) is 99.0 Å². The van der Waals surface area contributed by atoms with E-state index in [9.17, 15) is 42.9 Å². The highest BCUT2D eigenvalue weighted by atomic mass is 35.5. The number of benzene rings is 6. The van der Waals surface area contributed by atoms with E-state index in [1.165, 1.54) is 114 Å². The minimum atomic E-state index is -4.24. The first kappa shape index (κ1) is 61.6. The van der Waals surface area contributed by atoms with Crippen molar-refractivity contribution in [3.63, 3.8) is 0 Å². The van der Waals surface area contributed by atoms with Crippen molar-refractivity contribution in [1.82, 2.24) is 0 Å². The van der Waals surface area contributed by atoms with Crippen LogP contribution in [0.25, 0.3) is 34.1 Å². The normalized spacial score (nSPS) is 11.6. The Balaban J connectivity index is 0.000000270. The fourth-order valence-electron chi connectivity index (χ4n) is 7.27. The Morgan fingerprint density at radius 3 is 1.48 bits per heavy atom. The minimum absolute atomic E-state index is 0.0238. The van der Waals surface area contributed by atoms with E-state index >= 15 is 0 Å². The molecule has 0 fully saturated rings. The number of phenolic OH excluding ortho intramolecular Hbond substituents is 2. The van der Waals surface area contributed by atoms with Crippen LogP contribution in [0.15, 0.2) is 143 Å². The van der Waals surface area contributed by atoms with Crippen LogP contribution in [0, 0.1) is 0 Å². The molecule has 0 saturated carbocycles. The zero-order chi connectivity index (χ0) is 55.5. The summed E-state index contributed by atoms with van der Waals surface area (Å²) in [6, 6.07) is 33.3. The van der Waals surface area contributed by atoms with Gasteiger partial charge in [-0.1, -0.05) is 143 Å². The summed E-state index contributed by atoms with van der Waals surface area (Å²) in [6.07, 6.45) is 14.1. The second-order valence-electron chi connectivity index (χ2n) is 16.7. The molecule has 0 aromatic heterocycles. The molecule has 0 amide bonds. The SMILES string of the molecule is CCCCCCCCCCCCC(O)C(=O)O.COc1ccc(C=C(C(=O)O)C(=Cc2ccc(OC)cc2)C(=O)O)cc1.O=C(O)c1cc(O)ccc1-c1ccc(O)cc1.O=S(=O)(O)c1cccc2cccc(Cl)c12. The number of phenols is 2. The monoisotopic (exact) mass is 1070 g/mol. The average molecular weight is 1070 g/mol. The highest BCUT2D eigenvalue weighted by Crippen LogP contribution is 2.31. The molecule has 18 heteroatoms. The average Bonchev–Trinajstić information content (AvgIpc) is 3.38. The lowest BCUT2D eigenvalue weighted by Crippen LogP contribution is -2.18. The van der Waals surface area contributed by atoms with Crippen LogP contribution in [0.3, 0.4) is 0 Å². The maximum absolute atomic E-state index is 11.6. The van der Waals surface area contributed by atoms with Gasteiger partial charge < -0.3 is 45.2 Å². The molecule has 0 bridgehead atoms. The Labute approximate surface area is 441 Å². The summed E-state index contributed by atoms with van der Waals surface area (Å²) >= 11 is 5.89. The van der Waals surface area contributed by atoms with Gasteiger partial charge in [-0.3, -0.25) is 4.55 Å². The van der Waals surface area contributed by atoms with E-state index < -0.39 is 40.1 Å². The van der Waals surface area contributed by atoms with E-state index in [1.54, 1.807) is 91.0 Å². The van der Waals surface area contributed by atoms with Crippen LogP contribution >= 0.6 is 11.6 Å². The molecule has 6 rings (SSSR count). The van der Waals surface area contributed by atoms with E-state index in [2.05, 4.69) is 6.92 Å². The van der Waals surface area contributed by atoms with Crippen molar-refractivity contribution in [2.45, 2.75) is 88.6 Å². The summed E-state index contributed by atoms with van der Waals surface area (Å²) in [6.45, 7) is 2.23. The number of carboxylic acid groups (broad SMARTS) is 4. The van der Waals surface area contributed by atoms with Crippen LogP contribution in [-0.4, -0.2) is 92.9 Å². The Bertz CT molecular complexity index is 2890. The summed E-state index contributed by atoms with van der Waals surface area (Å²) in [7, 11) is -1.19. The van der Waals surface area contributed by atoms with Gasteiger partial charge in [-0.15, -0.1) is 0 Å². The number of carboxylic acids is 4. The number of ether oxygens (including phenoxy) is 2. The van der Waals surface area contributed by atoms with Crippen molar-refractivity contribution in [3.8, 4) is 34.1 Å². The van der Waals surface area contributed by atoms with Gasteiger partial charge in [0.2, 0.25) is 0 Å². The third kappa shape index (κ3) is 21.4. The van der Waals surface area contributed by atoms with Crippen LogP contribution in [0.4, 0.5) is 0 Å². The molecule has 1 unspecified atom stereocenters. The number of halogens is 1. The maximum atomic E-state index is 11.6. The van der Waals surface area contributed by atoms with Gasteiger partial charge in [0.1, 0.15) is 27.9 Å². The van der Waals surface area contributed by atoms with Crippen molar-refractivity contribution in [2.75, 3.05) is 14.2 Å². The molecule has 0 aliphatic carbocycles. The van der Waals surface area contributed by atoms with Gasteiger partial charge in [0.15, 0.2) is 6.10 Å². The topological polar surface area (TPSA) is 283 Å². The molecule has 1 atom stereocenters. The van der Waals surface area contributed by atoms with Crippen molar-refractivity contribution in [2.24, 2.45) is 0 Å². The molecule has 0 aliphatic rings. The van der Waals surface area contributed by atoms with Crippen molar-refractivity contribution in [1.29, 1.82) is 0 Å². The molecule has 8 N–H and O–H groups in total. The molecular formula is C57H63ClO16S. The molecule has 6 aromatic carbocycles. The number of fused-ring (bicyclic) bond motifs is 1. The predicted molar refractivity (Wildman–Crippen MR) is 288 cm³/mol. The molecule has 0 heterocycles. The first-order valence-corrected chi connectivity index (χ1v) is 25.6. The number of carbonyl (C=O) groups is 4. The van der Waals surface area contributed by atoms with Crippen molar-refractivity contribution >= 4 is 68.5 Å². The van der Waals surface area contributed by atoms with Crippen molar-refractivity contribution in [3.05, 3.63) is 160 Å². The number of methoxy groups -OCH3 is 2. The lowest BCUT2D eigenvalue weighted by atomic mass is 9.99. The first-order valence-electron chi connectivity index (χ1n) is 23.8. The van der Waals surface area contributed by atoms with Crippen molar-refractivity contribution < 1.29 is 77.4 Å². The van der Waals surface area contributed by atoms with Crippen LogP contribution in [-0.2, 0) is 24.5 Å². The zero-order valence-electron chi connectivity index (χ0n) is 41.8. The number of aromatic hydroxyl groups is 2. The van der Waals surface area contributed by atoms with E-state index in [1.807, 2.05) is 0 Å². The summed E-state index contributed by atoms with van der Waals surface area (Å²) in [5.74, 6) is -3.61. The molecular weight excluding hydrogens is 1010 g/mol. The van der Waals surface area contributed by atoms with E-state index in [-0.39, 0.29) is 33.1 Å². The Kier molecular flexibility index (Phi) is 26.1. The van der Waals surface area contributed by atoms with Crippen LogP contribution < -0.4 is 9.47 Å². The molecule has 0 spiro atoms. The smallest absolute Gasteiger partial charge is 0.336 e. The fourth-order valence-corrected chi connectivity index (χ4v) is 8.35. The number of aliphatic hydroxyl groups excluding tert-OH is 1. The van der Waals surface area contributed by atoms with Gasteiger partial charge in [-0.25, -0.2) is 19.2 Å². The largest absolute Gasteiger partial charge is 0.508 e. The lowest BCUT2D eigenvalue weighted by Gasteiger charge is -2.07. The van der Waals surface area contributed by atoms with E-state index in [0.717, 1.165) is 12.8 Å². The van der Waals surface area contributed by atoms with Gasteiger partial charge in [0, 0.05) is 10.4 Å². The molecule has 0 radical (unpaired) electrons. The number of hydrogen-bond donors (Lipinski definition) is 8. The number of aliphatic carboxylic acids is 3. The number of aliphatic hydroxyl groups is 1. The Hall–Kier alpha value is -7.70. The lowest BCUT2D eigenvalue weighted by molar-refractivity contribution is -0.147. The highest BCUT2D eigenvalue weighted by Gasteiger charge is 2.21. The molecule has 16 nitrogen and oxygen atoms in total. The van der Waals surface area contributed by atoms with E-state index in [4.69, 9.17) is 46.1 Å². The van der Waals surface area contributed by atoms with Gasteiger partial charge in [0.25, 0.3) is 10.1 Å². The third-order valence-electron chi connectivity index (χ3n) is 11.2. The molecule has 0 aliphatic heterocycles. The Morgan fingerprint density at radius 1 is 0.600 bits per heavy atom. The van der Waals surface area contributed by atoms with Crippen LogP contribution in [0.2, 0.25) is 5.02 Å². The molecule has 0 saturated heterocycles. The molecule has 75 heavy (non-hydrogen) atoms. The summed E-state index contributed by atoms with van der Waals surface area (Å²) in [5.41, 5.74) is 1.64. The van der Waals surface area contributed by atoms with Gasteiger partial charge >= 0.3 is 23.9 Å². The molecule has 6 aromatic rings. The second kappa shape index (κ2) is 31.8. The number of hydrogen-bond acceptors (Lipinski definition) is 11. The summed E-state index contributed by atoms with van der Waals surface area (Å²) in [5, 5.41) is 65.3. The van der Waals surface area contributed by atoms with E-state index in [0.29, 0.717) is 56.0 Å². The van der Waals surface area contributed by atoms with Gasteiger partial charge in [-0.2, -0.15) is 8.42 Å². The zero-order valence-corrected chi connectivity index (χ0v) is 43.3. The summed E-state index contributed by atoms with van der Waals surface area (Å²) in [4.78, 5) is 44.5. The first-order chi connectivity index (χ1) is 35.7.